The molecule has 0 aliphatic heterocycles. The van der Waals surface area contributed by atoms with Crippen molar-refractivity contribution in [2.24, 2.45) is 16.6 Å². The smallest absolute Gasteiger partial charge is 0.222 e. The third kappa shape index (κ3) is 8.85. The number of nitrogens with one attached hydrogen (secondary N) is 2. The summed E-state index contributed by atoms with van der Waals surface area (Å²) in [6, 6.07) is 13.3. The zero-order valence-electron chi connectivity index (χ0n) is 17.1. The summed E-state index contributed by atoms with van der Waals surface area (Å²) in [6.07, 6.45) is 0.417. The summed E-state index contributed by atoms with van der Waals surface area (Å²) in [5.74, 6) is 0.848. The molecule has 0 aromatic heterocycles. The Morgan fingerprint density at radius 3 is 2.30 bits per heavy atom. The molecule has 4 N–H and O–H groups in total. The molecule has 0 fully saturated rings. The van der Waals surface area contributed by atoms with E-state index >= 15 is 0 Å². The Morgan fingerprint density at radius 2 is 1.73 bits per heavy atom. The van der Waals surface area contributed by atoms with E-state index in [4.69, 9.17) is 15.2 Å². The number of carbonyl (C=O) groups excluding carboxylic acids is 1. The minimum atomic E-state index is -0.449. The fourth-order valence-electron chi connectivity index (χ4n) is 2.63. The minimum absolute atomic E-state index is 0. The van der Waals surface area contributed by atoms with Gasteiger partial charge in [-0.3, -0.25) is 9.79 Å². The molecule has 30 heavy (non-hydrogen) atoms. The van der Waals surface area contributed by atoms with E-state index in [1.54, 1.807) is 26.3 Å². The van der Waals surface area contributed by atoms with Gasteiger partial charge in [-0.05, 0) is 48.4 Å². The lowest BCUT2D eigenvalue weighted by Crippen LogP contribution is -2.44. The molecule has 1 atom stereocenters. The van der Waals surface area contributed by atoms with Gasteiger partial charge in [0.2, 0.25) is 5.91 Å². The molecule has 0 bridgehead atoms. The Bertz CT molecular complexity index is 801. The largest absolute Gasteiger partial charge is 0.497 e. The van der Waals surface area contributed by atoms with Gasteiger partial charge < -0.3 is 25.8 Å². The molecule has 2 aromatic carbocycles. The second-order valence-corrected chi connectivity index (χ2v) is 6.33. The number of rotatable bonds is 10. The Labute approximate surface area is 193 Å². The van der Waals surface area contributed by atoms with Crippen molar-refractivity contribution < 1.29 is 18.7 Å². The molecule has 0 radical (unpaired) electrons. The Morgan fingerprint density at radius 1 is 1.10 bits per heavy atom. The molecule has 7 nitrogen and oxygen atoms in total. The number of guanidine groups is 1. The number of nitrogens with zero attached hydrogens (tertiary/aromatic N) is 1. The van der Waals surface area contributed by atoms with E-state index in [1.807, 2.05) is 24.3 Å². The first kappa shape index (κ1) is 25.5. The van der Waals surface area contributed by atoms with Gasteiger partial charge in [0.1, 0.15) is 23.9 Å². The summed E-state index contributed by atoms with van der Waals surface area (Å²) in [4.78, 5) is 15.9. The van der Waals surface area contributed by atoms with Gasteiger partial charge in [0, 0.05) is 13.6 Å². The first-order valence-corrected chi connectivity index (χ1v) is 9.27. The number of amides is 1. The van der Waals surface area contributed by atoms with Crippen LogP contribution < -0.4 is 25.8 Å². The van der Waals surface area contributed by atoms with E-state index in [0.29, 0.717) is 32.1 Å². The Hall–Kier alpha value is -2.56. The van der Waals surface area contributed by atoms with Crippen molar-refractivity contribution in [3.05, 3.63) is 59.9 Å². The van der Waals surface area contributed by atoms with Gasteiger partial charge >= 0.3 is 0 Å². The van der Waals surface area contributed by atoms with Gasteiger partial charge in [0.15, 0.2) is 5.96 Å². The fourth-order valence-corrected chi connectivity index (χ4v) is 2.63. The lowest BCUT2D eigenvalue weighted by atomic mass is 9.98. The zero-order valence-corrected chi connectivity index (χ0v) is 19.4. The highest BCUT2D eigenvalue weighted by Crippen LogP contribution is 2.16. The monoisotopic (exact) mass is 530 g/mol. The van der Waals surface area contributed by atoms with E-state index in [2.05, 4.69) is 15.6 Å². The molecular weight excluding hydrogens is 502 g/mol. The number of halogens is 2. The summed E-state index contributed by atoms with van der Waals surface area (Å²) < 4.78 is 23.8. The van der Waals surface area contributed by atoms with Crippen LogP contribution in [0.15, 0.2) is 53.5 Å². The molecule has 164 valence electrons. The van der Waals surface area contributed by atoms with Crippen molar-refractivity contribution in [1.29, 1.82) is 0 Å². The quantitative estimate of drug-likeness (QED) is 0.190. The molecule has 2 aromatic rings. The van der Waals surface area contributed by atoms with Crippen LogP contribution >= 0.6 is 24.0 Å². The van der Waals surface area contributed by atoms with Crippen LogP contribution in [0.4, 0.5) is 4.39 Å². The lowest BCUT2D eigenvalue weighted by molar-refractivity contribution is -0.121. The van der Waals surface area contributed by atoms with Crippen molar-refractivity contribution >= 4 is 35.8 Å². The highest BCUT2D eigenvalue weighted by Gasteiger charge is 2.16. The number of aliphatic imine (C=N–C) groups is 1. The number of hydrogen-bond acceptors (Lipinski definition) is 4. The molecule has 0 saturated carbocycles. The second-order valence-electron chi connectivity index (χ2n) is 6.33. The molecule has 0 heterocycles. The number of benzene rings is 2. The highest BCUT2D eigenvalue weighted by atomic mass is 127. The standard InChI is InChI=1S/C21H27FN4O3.HI/c1-24-21(25-11-12-29-19-9-7-18(28-2)8-10-19)26-14-16(20(23)27)13-15-3-5-17(22)6-4-15;/h3-10,16H,11-14H2,1-2H3,(H2,23,27)(H2,24,25,26);1H. The third-order valence-corrected chi connectivity index (χ3v) is 4.26. The normalized spacial score (nSPS) is 11.8. The molecule has 0 aliphatic rings. The molecule has 1 unspecified atom stereocenters. The van der Waals surface area contributed by atoms with Crippen LogP contribution in [0, 0.1) is 11.7 Å². The second kappa shape index (κ2) is 13.6. The van der Waals surface area contributed by atoms with Crippen LogP contribution in [0.25, 0.3) is 0 Å². The maximum Gasteiger partial charge on any atom is 0.222 e. The van der Waals surface area contributed by atoms with E-state index < -0.39 is 11.8 Å². The van der Waals surface area contributed by atoms with Gasteiger partial charge in [-0.1, -0.05) is 12.1 Å². The van der Waals surface area contributed by atoms with Crippen LogP contribution in [0.1, 0.15) is 5.56 Å². The number of primary amides is 1. The number of hydrogen-bond donors (Lipinski definition) is 3. The van der Waals surface area contributed by atoms with Crippen LogP contribution in [0.3, 0.4) is 0 Å². The molecule has 1 amide bonds. The minimum Gasteiger partial charge on any atom is -0.497 e. The van der Waals surface area contributed by atoms with Crippen LogP contribution in [0.2, 0.25) is 0 Å². The zero-order chi connectivity index (χ0) is 21.1. The third-order valence-electron chi connectivity index (χ3n) is 4.26. The highest BCUT2D eigenvalue weighted by molar-refractivity contribution is 14.0. The van der Waals surface area contributed by atoms with Crippen molar-refractivity contribution in [3.63, 3.8) is 0 Å². The SMILES string of the molecule is CN=C(NCCOc1ccc(OC)cc1)NCC(Cc1ccc(F)cc1)C(N)=O.I. The molecule has 0 aliphatic carbocycles. The topological polar surface area (TPSA) is 98.0 Å². The first-order valence-electron chi connectivity index (χ1n) is 9.27. The maximum atomic E-state index is 13.0. The molecule has 2 rings (SSSR count). The predicted molar refractivity (Wildman–Crippen MR) is 126 cm³/mol. The summed E-state index contributed by atoms with van der Waals surface area (Å²) >= 11 is 0. The number of nitrogens with two attached hydrogens (primary N) is 1. The van der Waals surface area contributed by atoms with Crippen molar-refractivity contribution in [3.8, 4) is 11.5 Å². The Kier molecular flexibility index (Phi) is 11.6. The predicted octanol–water partition coefficient (Wildman–Crippen LogP) is 2.34. The van der Waals surface area contributed by atoms with Crippen molar-refractivity contribution in [1.82, 2.24) is 10.6 Å². The summed E-state index contributed by atoms with van der Waals surface area (Å²) in [6.45, 7) is 1.26. The number of methoxy groups -OCH3 is 1. The van der Waals surface area contributed by atoms with Gasteiger partial charge in [0.05, 0.1) is 19.6 Å². The van der Waals surface area contributed by atoms with Gasteiger partial charge in [-0.25, -0.2) is 4.39 Å². The van der Waals surface area contributed by atoms with Crippen LogP contribution in [0.5, 0.6) is 11.5 Å². The summed E-state index contributed by atoms with van der Waals surface area (Å²) in [5, 5.41) is 6.20. The van der Waals surface area contributed by atoms with Gasteiger partial charge in [-0.15, -0.1) is 24.0 Å². The average molecular weight is 530 g/mol. The Balaban J connectivity index is 0.00000450. The molecule has 0 saturated heterocycles. The van der Waals surface area contributed by atoms with E-state index in [9.17, 15) is 9.18 Å². The first-order chi connectivity index (χ1) is 14.0. The lowest BCUT2D eigenvalue weighted by Gasteiger charge is -2.17. The van der Waals surface area contributed by atoms with Crippen LogP contribution in [-0.2, 0) is 11.2 Å². The van der Waals surface area contributed by atoms with E-state index in [-0.39, 0.29) is 29.8 Å². The number of ether oxygens (including phenoxy) is 2. The van der Waals surface area contributed by atoms with Crippen LogP contribution in [-0.4, -0.2) is 45.7 Å². The number of carbonyl (C=O) groups is 1. The van der Waals surface area contributed by atoms with E-state index in [1.165, 1.54) is 12.1 Å². The summed E-state index contributed by atoms with van der Waals surface area (Å²) in [5.41, 5.74) is 6.35. The molecular formula is C21H28FIN4O3. The van der Waals surface area contributed by atoms with Gasteiger partial charge in [-0.2, -0.15) is 0 Å². The van der Waals surface area contributed by atoms with Gasteiger partial charge in [0.25, 0.3) is 0 Å². The summed E-state index contributed by atoms with van der Waals surface area (Å²) in [7, 11) is 3.25. The average Bonchev–Trinajstić information content (AvgIpc) is 2.73. The molecule has 0 spiro atoms. The van der Waals surface area contributed by atoms with Crippen molar-refractivity contribution in [2.75, 3.05) is 33.9 Å². The van der Waals surface area contributed by atoms with Crippen molar-refractivity contribution in [2.45, 2.75) is 6.42 Å². The van der Waals surface area contributed by atoms with E-state index in [0.717, 1.165) is 17.1 Å². The maximum absolute atomic E-state index is 13.0. The molecule has 9 heteroatoms. The fraction of sp³-hybridized carbons (Fsp3) is 0.333.